The highest BCUT2D eigenvalue weighted by molar-refractivity contribution is 5.83. The number of aliphatic hydroxyl groups is 3. The first kappa shape index (κ1) is 29.6. The van der Waals surface area contributed by atoms with Crippen LogP contribution >= 0.6 is 0 Å². The van der Waals surface area contributed by atoms with Gasteiger partial charge >= 0.3 is 6.03 Å². The van der Waals surface area contributed by atoms with Gasteiger partial charge in [-0.05, 0) is 57.5 Å². The second kappa shape index (κ2) is 13.4. The van der Waals surface area contributed by atoms with Gasteiger partial charge in [0, 0.05) is 13.1 Å². The molecular weight excluding hydrogens is 548 g/mol. The Hall–Kier alpha value is -4.49. The van der Waals surface area contributed by atoms with Crippen LogP contribution in [-0.2, 0) is 32.5 Å². The van der Waals surface area contributed by atoms with E-state index in [-0.39, 0.29) is 25.7 Å². The van der Waals surface area contributed by atoms with E-state index in [0.717, 1.165) is 38.6 Å². The van der Waals surface area contributed by atoms with Crippen LogP contribution in [0.25, 0.3) is 10.8 Å². The van der Waals surface area contributed by atoms with Gasteiger partial charge in [0.25, 0.3) is 0 Å². The van der Waals surface area contributed by atoms with Gasteiger partial charge in [-0.25, -0.2) is 4.79 Å². The third-order valence-corrected chi connectivity index (χ3v) is 8.73. The van der Waals surface area contributed by atoms with E-state index in [1.54, 1.807) is 9.80 Å². The van der Waals surface area contributed by atoms with Gasteiger partial charge in [-0.15, -0.1) is 0 Å². The molecular formula is C38H38N2O4. The number of amides is 2. The summed E-state index contributed by atoms with van der Waals surface area (Å²) in [5.41, 5.74) is 4.56. The minimum Gasteiger partial charge on any atom is -0.392 e. The smallest absolute Gasteiger partial charge is 0.321 e. The van der Waals surface area contributed by atoms with Crippen molar-refractivity contribution in [2.45, 2.75) is 56.8 Å². The maximum absolute atomic E-state index is 14.8. The van der Waals surface area contributed by atoms with Crippen molar-refractivity contribution in [3.05, 3.63) is 155 Å². The van der Waals surface area contributed by atoms with Crippen molar-refractivity contribution in [1.29, 1.82) is 0 Å². The molecule has 4 atom stereocenters. The minimum absolute atomic E-state index is 0.0643. The Morgan fingerprint density at radius 2 is 0.955 bits per heavy atom. The van der Waals surface area contributed by atoms with Crippen molar-refractivity contribution < 1.29 is 20.1 Å². The first-order chi connectivity index (χ1) is 21.5. The summed E-state index contributed by atoms with van der Waals surface area (Å²) in [4.78, 5) is 18.3. The molecule has 0 aromatic heterocycles. The van der Waals surface area contributed by atoms with Crippen LogP contribution in [0.5, 0.6) is 0 Å². The fourth-order valence-corrected chi connectivity index (χ4v) is 6.30. The van der Waals surface area contributed by atoms with E-state index in [4.69, 9.17) is 0 Å². The van der Waals surface area contributed by atoms with Crippen molar-refractivity contribution in [2.24, 2.45) is 0 Å². The Balaban J connectivity index is 1.43. The molecule has 1 heterocycles. The summed E-state index contributed by atoms with van der Waals surface area (Å²) in [7, 11) is 0. The van der Waals surface area contributed by atoms with Gasteiger partial charge in [0.1, 0.15) is 12.2 Å². The summed E-state index contributed by atoms with van der Waals surface area (Å²) in [6, 6.07) is 39.9. The van der Waals surface area contributed by atoms with E-state index in [0.29, 0.717) is 12.8 Å². The molecule has 1 aliphatic rings. The van der Waals surface area contributed by atoms with E-state index in [2.05, 4.69) is 24.3 Å². The van der Waals surface area contributed by atoms with Crippen LogP contribution in [0, 0.1) is 0 Å². The number of rotatable bonds is 9. The Bertz CT molecular complexity index is 1680. The average Bonchev–Trinajstić information content (AvgIpc) is 3.13. The number of hydrogen-bond acceptors (Lipinski definition) is 4. The molecule has 1 saturated heterocycles. The first-order valence-corrected chi connectivity index (χ1v) is 15.2. The van der Waals surface area contributed by atoms with E-state index >= 15 is 0 Å². The standard InChI is InChI=1S/C38H38N2O4/c41-26-30-17-15-29(16-18-30)24-39-34(22-27-9-3-1-4-10-27)36(42)37(43)35(23-28-11-5-2-6-12-28)40(38(39)44)25-31-19-20-32-13-7-8-14-33(32)21-31/h1-21,34-37,41-43H,22-26H2/t34-,35-,36+,37+/m1/s1. The van der Waals surface area contributed by atoms with Crippen molar-refractivity contribution >= 4 is 16.8 Å². The van der Waals surface area contributed by atoms with Gasteiger partial charge < -0.3 is 25.1 Å². The Morgan fingerprint density at radius 1 is 0.500 bits per heavy atom. The number of benzene rings is 5. The zero-order chi connectivity index (χ0) is 30.5. The molecule has 224 valence electrons. The Labute approximate surface area is 258 Å². The predicted octanol–water partition coefficient (Wildman–Crippen LogP) is 5.71. The minimum atomic E-state index is -1.19. The topological polar surface area (TPSA) is 84.2 Å². The number of carbonyl (C=O) groups is 1. The number of hydrogen-bond donors (Lipinski definition) is 3. The monoisotopic (exact) mass is 586 g/mol. The second-order valence-corrected chi connectivity index (χ2v) is 11.7. The van der Waals surface area contributed by atoms with Gasteiger partial charge in [0.2, 0.25) is 0 Å². The second-order valence-electron chi connectivity index (χ2n) is 11.7. The number of nitrogens with zero attached hydrogens (tertiary/aromatic N) is 2. The van der Waals surface area contributed by atoms with E-state index in [1.165, 1.54) is 0 Å². The molecule has 44 heavy (non-hydrogen) atoms. The molecule has 1 fully saturated rings. The van der Waals surface area contributed by atoms with Crippen LogP contribution in [-0.4, -0.2) is 55.4 Å². The van der Waals surface area contributed by atoms with E-state index < -0.39 is 24.3 Å². The lowest BCUT2D eigenvalue weighted by molar-refractivity contribution is -0.0408. The summed E-state index contributed by atoms with van der Waals surface area (Å²) in [6.45, 7) is 0.465. The van der Waals surface area contributed by atoms with E-state index in [9.17, 15) is 20.1 Å². The highest BCUT2D eigenvalue weighted by Gasteiger charge is 2.46. The molecule has 5 aromatic rings. The molecule has 5 aromatic carbocycles. The molecule has 2 amide bonds. The summed E-state index contributed by atoms with van der Waals surface area (Å²) < 4.78 is 0. The van der Waals surface area contributed by atoms with Crippen LogP contribution in [0.15, 0.2) is 127 Å². The Morgan fingerprint density at radius 3 is 1.50 bits per heavy atom. The lowest BCUT2D eigenvalue weighted by Gasteiger charge is -2.36. The fraction of sp³-hybridized carbons (Fsp3) is 0.237. The Kier molecular flexibility index (Phi) is 9.03. The van der Waals surface area contributed by atoms with Crippen molar-refractivity contribution in [1.82, 2.24) is 9.80 Å². The molecule has 0 spiro atoms. The number of urea groups is 1. The summed E-state index contributed by atoms with van der Waals surface area (Å²) in [5, 5.41) is 35.6. The lowest BCUT2D eigenvalue weighted by Crippen LogP contribution is -2.50. The van der Waals surface area contributed by atoms with Gasteiger partial charge in [-0.1, -0.05) is 121 Å². The maximum atomic E-state index is 14.8. The van der Waals surface area contributed by atoms with Gasteiger partial charge in [0.15, 0.2) is 0 Å². The lowest BCUT2D eigenvalue weighted by atomic mass is 9.91. The molecule has 6 nitrogen and oxygen atoms in total. The molecule has 0 unspecified atom stereocenters. The van der Waals surface area contributed by atoms with Gasteiger partial charge in [-0.3, -0.25) is 0 Å². The normalized spacial score (nSPS) is 20.6. The van der Waals surface area contributed by atoms with Crippen molar-refractivity contribution in [2.75, 3.05) is 0 Å². The van der Waals surface area contributed by atoms with Gasteiger partial charge in [-0.2, -0.15) is 0 Å². The average molecular weight is 587 g/mol. The van der Waals surface area contributed by atoms with Crippen LogP contribution in [0.4, 0.5) is 4.79 Å². The fourth-order valence-electron chi connectivity index (χ4n) is 6.30. The van der Waals surface area contributed by atoms with Gasteiger partial charge in [0.05, 0.1) is 18.7 Å². The van der Waals surface area contributed by atoms with Crippen LogP contribution in [0.1, 0.15) is 27.8 Å². The molecule has 0 saturated carbocycles. The third-order valence-electron chi connectivity index (χ3n) is 8.73. The van der Waals surface area contributed by atoms with Crippen molar-refractivity contribution in [3.8, 4) is 0 Å². The molecule has 0 bridgehead atoms. The van der Waals surface area contributed by atoms with Crippen LogP contribution in [0.2, 0.25) is 0 Å². The zero-order valence-electron chi connectivity index (χ0n) is 24.6. The molecule has 0 radical (unpaired) electrons. The van der Waals surface area contributed by atoms with Crippen LogP contribution < -0.4 is 0 Å². The third kappa shape index (κ3) is 6.53. The molecule has 1 aliphatic heterocycles. The van der Waals surface area contributed by atoms with E-state index in [1.807, 2.05) is 103 Å². The highest BCUT2D eigenvalue weighted by atomic mass is 16.3. The summed E-state index contributed by atoms with van der Waals surface area (Å²) in [5.74, 6) is 0. The summed E-state index contributed by atoms with van der Waals surface area (Å²) in [6.07, 6.45) is -1.59. The molecule has 6 rings (SSSR count). The quantitative estimate of drug-likeness (QED) is 0.207. The number of aliphatic hydroxyl groups excluding tert-OH is 3. The highest BCUT2D eigenvalue weighted by Crippen LogP contribution is 2.30. The SMILES string of the molecule is O=C1N(Cc2ccc(CO)cc2)[C@H](Cc2ccccc2)[C@H](O)[C@@H](O)[C@@H](Cc2ccccc2)N1Cc1ccc2ccccc2c1. The number of carbonyl (C=O) groups excluding carboxylic acids is 1. The molecule has 3 N–H and O–H groups in total. The zero-order valence-corrected chi connectivity index (χ0v) is 24.6. The number of fused-ring (bicyclic) bond motifs is 1. The molecule has 6 heteroatoms. The van der Waals surface area contributed by atoms with Crippen LogP contribution in [0.3, 0.4) is 0 Å². The van der Waals surface area contributed by atoms with Crippen molar-refractivity contribution in [3.63, 3.8) is 0 Å². The summed E-state index contributed by atoms with van der Waals surface area (Å²) >= 11 is 0. The predicted molar refractivity (Wildman–Crippen MR) is 173 cm³/mol. The molecule has 0 aliphatic carbocycles. The largest absolute Gasteiger partial charge is 0.392 e. The maximum Gasteiger partial charge on any atom is 0.321 e. The first-order valence-electron chi connectivity index (χ1n) is 15.2.